The van der Waals surface area contributed by atoms with Gasteiger partial charge in [0.05, 0.1) is 5.69 Å². The summed E-state index contributed by atoms with van der Waals surface area (Å²) in [6.07, 6.45) is 2.43. The van der Waals surface area contributed by atoms with Crippen molar-refractivity contribution < 1.29 is 14.3 Å². The molecule has 0 atom stereocenters. The highest BCUT2D eigenvalue weighted by Gasteiger charge is 2.21. The van der Waals surface area contributed by atoms with E-state index in [0.29, 0.717) is 11.4 Å². The first-order chi connectivity index (χ1) is 12.5. The fourth-order valence-corrected chi connectivity index (χ4v) is 3.24. The Balaban J connectivity index is 1.53. The quantitative estimate of drug-likeness (QED) is 0.812. The Morgan fingerprint density at radius 3 is 2.46 bits per heavy atom. The van der Waals surface area contributed by atoms with Crippen LogP contribution in [0.25, 0.3) is 0 Å². The first kappa shape index (κ1) is 18.3. The standard InChI is InChI=1S/C18H21ClN4O3/c1-12-16(17(19)22(2)21-12)18(25)26-11-15(24)20-13-5-7-14(8-6-13)23-9-3-4-10-23/h5-8H,3-4,9-11H2,1-2H3,(H,20,24). The second kappa shape index (κ2) is 7.78. The van der Waals surface area contributed by atoms with E-state index in [1.165, 1.54) is 17.5 Å². The monoisotopic (exact) mass is 376 g/mol. The number of benzene rings is 1. The Kier molecular flexibility index (Phi) is 5.46. The number of esters is 1. The van der Waals surface area contributed by atoms with E-state index in [1.807, 2.05) is 24.3 Å². The van der Waals surface area contributed by atoms with Crippen molar-refractivity contribution in [3.05, 3.63) is 40.7 Å². The van der Waals surface area contributed by atoms with Gasteiger partial charge in [0.2, 0.25) is 0 Å². The van der Waals surface area contributed by atoms with Crippen molar-refractivity contribution in [2.24, 2.45) is 7.05 Å². The van der Waals surface area contributed by atoms with Gasteiger partial charge in [-0.1, -0.05) is 11.6 Å². The number of hydrogen-bond acceptors (Lipinski definition) is 5. The normalized spacial score (nSPS) is 13.7. The number of halogens is 1. The molecule has 1 fully saturated rings. The van der Waals surface area contributed by atoms with Crippen LogP contribution in [0.5, 0.6) is 0 Å². The van der Waals surface area contributed by atoms with Crippen molar-refractivity contribution in [2.45, 2.75) is 19.8 Å². The maximum atomic E-state index is 12.1. The highest BCUT2D eigenvalue weighted by Crippen LogP contribution is 2.22. The maximum absolute atomic E-state index is 12.1. The van der Waals surface area contributed by atoms with Crippen molar-refractivity contribution in [2.75, 3.05) is 29.9 Å². The summed E-state index contributed by atoms with van der Waals surface area (Å²) in [5.41, 5.74) is 2.44. The van der Waals surface area contributed by atoms with Crippen LogP contribution in [0.2, 0.25) is 5.15 Å². The molecule has 0 radical (unpaired) electrons. The lowest BCUT2D eigenvalue weighted by Crippen LogP contribution is -2.21. The third kappa shape index (κ3) is 3.99. The first-order valence-corrected chi connectivity index (χ1v) is 8.84. The number of aromatic nitrogens is 2. The van der Waals surface area contributed by atoms with Gasteiger partial charge in [-0.3, -0.25) is 9.48 Å². The number of carbonyl (C=O) groups excluding carboxylic acids is 2. The molecular formula is C18H21ClN4O3. The fraction of sp³-hybridized carbons (Fsp3) is 0.389. The molecule has 1 saturated heterocycles. The largest absolute Gasteiger partial charge is 0.452 e. The molecule has 26 heavy (non-hydrogen) atoms. The molecule has 1 N–H and O–H groups in total. The van der Waals surface area contributed by atoms with Crippen LogP contribution in [-0.4, -0.2) is 41.4 Å². The lowest BCUT2D eigenvalue weighted by molar-refractivity contribution is -0.119. The van der Waals surface area contributed by atoms with Crippen LogP contribution >= 0.6 is 11.6 Å². The smallest absolute Gasteiger partial charge is 0.343 e. The zero-order valence-electron chi connectivity index (χ0n) is 14.8. The number of hydrogen-bond donors (Lipinski definition) is 1. The number of nitrogens with one attached hydrogen (secondary N) is 1. The van der Waals surface area contributed by atoms with Gasteiger partial charge in [-0.25, -0.2) is 4.79 Å². The molecule has 1 aromatic carbocycles. The molecule has 1 aromatic heterocycles. The van der Waals surface area contributed by atoms with E-state index in [9.17, 15) is 9.59 Å². The Morgan fingerprint density at radius 1 is 1.23 bits per heavy atom. The van der Waals surface area contributed by atoms with Gasteiger partial charge in [-0.15, -0.1) is 0 Å². The van der Waals surface area contributed by atoms with Gasteiger partial charge in [0.25, 0.3) is 5.91 Å². The van der Waals surface area contributed by atoms with Crippen LogP contribution in [-0.2, 0) is 16.6 Å². The second-order valence-corrected chi connectivity index (χ2v) is 6.60. The Morgan fingerprint density at radius 2 is 1.88 bits per heavy atom. The van der Waals surface area contributed by atoms with Gasteiger partial charge < -0.3 is 15.0 Å². The number of aryl methyl sites for hydroxylation is 2. The van der Waals surface area contributed by atoms with Crippen molar-refractivity contribution in [1.82, 2.24) is 9.78 Å². The number of anilines is 2. The van der Waals surface area contributed by atoms with E-state index in [2.05, 4.69) is 15.3 Å². The molecule has 2 heterocycles. The van der Waals surface area contributed by atoms with E-state index in [1.54, 1.807) is 14.0 Å². The Hall–Kier alpha value is -2.54. The van der Waals surface area contributed by atoms with Crippen molar-refractivity contribution in [1.29, 1.82) is 0 Å². The first-order valence-electron chi connectivity index (χ1n) is 8.47. The van der Waals surface area contributed by atoms with Crippen LogP contribution in [0.3, 0.4) is 0 Å². The van der Waals surface area contributed by atoms with Crippen molar-refractivity contribution in [3.8, 4) is 0 Å². The van der Waals surface area contributed by atoms with E-state index in [4.69, 9.17) is 16.3 Å². The Bertz CT molecular complexity index is 811. The van der Waals surface area contributed by atoms with Crippen molar-refractivity contribution in [3.63, 3.8) is 0 Å². The highest BCUT2D eigenvalue weighted by molar-refractivity contribution is 6.32. The third-order valence-electron chi connectivity index (χ3n) is 4.31. The molecule has 0 bridgehead atoms. The summed E-state index contributed by atoms with van der Waals surface area (Å²) >= 11 is 6.02. The summed E-state index contributed by atoms with van der Waals surface area (Å²) < 4.78 is 6.43. The molecule has 1 amide bonds. The molecule has 0 unspecified atom stereocenters. The summed E-state index contributed by atoms with van der Waals surface area (Å²) in [4.78, 5) is 26.4. The van der Waals surface area contributed by atoms with Gasteiger partial charge in [-0.05, 0) is 44.0 Å². The average Bonchev–Trinajstić information content (AvgIpc) is 3.23. The zero-order chi connectivity index (χ0) is 18.7. The van der Waals surface area contributed by atoms with Crippen LogP contribution in [0.15, 0.2) is 24.3 Å². The summed E-state index contributed by atoms with van der Waals surface area (Å²) in [6, 6.07) is 7.64. The second-order valence-electron chi connectivity index (χ2n) is 6.24. The number of rotatable bonds is 5. The zero-order valence-corrected chi connectivity index (χ0v) is 15.5. The molecule has 8 heteroatoms. The van der Waals surface area contributed by atoms with E-state index >= 15 is 0 Å². The molecule has 0 spiro atoms. The predicted molar refractivity (Wildman–Crippen MR) is 99.8 cm³/mol. The number of ether oxygens (including phenoxy) is 1. The van der Waals surface area contributed by atoms with Gasteiger partial charge in [0, 0.05) is 31.5 Å². The molecular weight excluding hydrogens is 356 g/mol. The number of carbonyl (C=O) groups is 2. The average molecular weight is 377 g/mol. The summed E-state index contributed by atoms with van der Waals surface area (Å²) in [7, 11) is 1.63. The highest BCUT2D eigenvalue weighted by atomic mass is 35.5. The number of amides is 1. The SMILES string of the molecule is Cc1nn(C)c(Cl)c1C(=O)OCC(=O)Nc1ccc(N2CCCC2)cc1. The van der Waals surface area contributed by atoms with Crippen molar-refractivity contribution >= 4 is 34.9 Å². The minimum absolute atomic E-state index is 0.178. The van der Waals surface area contributed by atoms with Crippen LogP contribution in [0.1, 0.15) is 28.9 Å². The maximum Gasteiger partial charge on any atom is 0.343 e. The summed E-state index contributed by atoms with van der Waals surface area (Å²) in [6.45, 7) is 3.40. The topological polar surface area (TPSA) is 76.5 Å². The van der Waals surface area contributed by atoms with Gasteiger partial charge in [0.1, 0.15) is 10.7 Å². The number of nitrogens with zero attached hydrogens (tertiary/aromatic N) is 3. The lowest BCUT2D eigenvalue weighted by Gasteiger charge is -2.17. The van der Waals surface area contributed by atoms with Crippen LogP contribution < -0.4 is 10.2 Å². The fourth-order valence-electron chi connectivity index (χ4n) is 2.99. The molecule has 0 aliphatic carbocycles. The van der Waals surface area contributed by atoms with E-state index < -0.39 is 18.5 Å². The summed E-state index contributed by atoms with van der Waals surface area (Å²) in [5.74, 6) is -1.08. The van der Waals surface area contributed by atoms with Crippen LogP contribution in [0, 0.1) is 6.92 Å². The lowest BCUT2D eigenvalue weighted by atomic mass is 10.2. The molecule has 0 saturated carbocycles. The van der Waals surface area contributed by atoms with Gasteiger partial charge >= 0.3 is 5.97 Å². The minimum Gasteiger partial charge on any atom is -0.452 e. The molecule has 2 aromatic rings. The predicted octanol–water partition coefficient (Wildman–Crippen LogP) is 2.78. The minimum atomic E-state index is -0.667. The molecule has 138 valence electrons. The molecule has 7 nitrogen and oxygen atoms in total. The Labute approximate surface area is 156 Å². The van der Waals surface area contributed by atoms with Crippen LogP contribution in [0.4, 0.5) is 11.4 Å². The van der Waals surface area contributed by atoms with Gasteiger partial charge in [-0.2, -0.15) is 5.10 Å². The third-order valence-corrected chi connectivity index (χ3v) is 4.75. The molecule has 1 aliphatic rings. The molecule has 1 aliphatic heterocycles. The molecule has 3 rings (SSSR count). The van der Waals surface area contributed by atoms with E-state index in [0.717, 1.165) is 18.8 Å². The van der Waals surface area contributed by atoms with E-state index in [-0.39, 0.29) is 10.7 Å². The van der Waals surface area contributed by atoms with Gasteiger partial charge in [0.15, 0.2) is 6.61 Å². The summed E-state index contributed by atoms with van der Waals surface area (Å²) in [5, 5.41) is 6.94.